The molecule has 0 radical (unpaired) electrons. The average molecular weight is 365 g/mol. The van der Waals surface area contributed by atoms with Crippen molar-refractivity contribution in [3.63, 3.8) is 0 Å². The Hall–Kier alpha value is -1.98. The number of halogens is 3. The highest BCUT2D eigenvalue weighted by atomic mass is 35.5. The maximum atomic E-state index is 14.4. The Labute approximate surface area is 150 Å². The molecule has 2 atom stereocenters. The number of carbonyl (C=O) groups is 1. The predicted molar refractivity (Wildman–Crippen MR) is 95.1 cm³/mol. The lowest BCUT2D eigenvalue weighted by molar-refractivity contribution is 0.0924. The van der Waals surface area contributed by atoms with Crippen LogP contribution < -0.4 is 10.6 Å². The van der Waals surface area contributed by atoms with Gasteiger partial charge >= 0.3 is 0 Å². The third-order valence-electron chi connectivity index (χ3n) is 4.44. The minimum Gasteiger partial charge on any atom is -0.352 e. The molecule has 1 amide bonds. The van der Waals surface area contributed by atoms with Crippen LogP contribution in [0.4, 0.5) is 8.78 Å². The van der Waals surface area contributed by atoms with Gasteiger partial charge in [-0.1, -0.05) is 35.9 Å². The van der Waals surface area contributed by atoms with Gasteiger partial charge in [-0.25, -0.2) is 8.78 Å². The quantitative estimate of drug-likeness (QED) is 0.865. The van der Waals surface area contributed by atoms with E-state index in [0.717, 1.165) is 0 Å². The predicted octanol–water partition coefficient (Wildman–Crippen LogP) is 3.82. The number of alkyl halides is 1. The molecule has 0 aliphatic carbocycles. The fraction of sp³-hybridized carbons (Fsp3) is 0.316. The van der Waals surface area contributed by atoms with E-state index in [1.165, 1.54) is 6.07 Å². The van der Waals surface area contributed by atoms with Crippen LogP contribution in [0.2, 0.25) is 5.02 Å². The molecule has 1 aliphatic heterocycles. The molecule has 1 fully saturated rings. The van der Waals surface area contributed by atoms with Crippen LogP contribution in [0.5, 0.6) is 0 Å². The van der Waals surface area contributed by atoms with Gasteiger partial charge in [0.15, 0.2) is 0 Å². The van der Waals surface area contributed by atoms with Crippen molar-refractivity contribution in [2.45, 2.75) is 12.6 Å². The number of piperidine rings is 1. The smallest absolute Gasteiger partial charge is 0.254 e. The summed E-state index contributed by atoms with van der Waals surface area (Å²) >= 11 is 6.00. The van der Waals surface area contributed by atoms with Crippen molar-refractivity contribution in [1.29, 1.82) is 0 Å². The third-order valence-corrected chi connectivity index (χ3v) is 4.68. The monoisotopic (exact) mass is 364 g/mol. The van der Waals surface area contributed by atoms with Gasteiger partial charge in [0, 0.05) is 24.0 Å². The topological polar surface area (TPSA) is 41.1 Å². The fourth-order valence-corrected chi connectivity index (χ4v) is 3.26. The van der Waals surface area contributed by atoms with E-state index in [0.29, 0.717) is 29.1 Å². The van der Waals surface area contributed by atoms with Crippen molar-refractivity contribution < 1.29 is 13.6 Å². The maximum absolute atomic E-state index is 14.4. The molecule has 6 heteroatoms. The van der Waals surface area contributed by atoms with Gasteiger partial charge in [-0.3, -0.25) is 4.79 Å². The number of carbonyl (C=O) groups excluding carboxylic acids is 1. The van der Waals surface area contributed by atoms with Crippen LogP contribution in [0.1, 0.15) is 16.8 Å². The van der Waals surface area contributed by atoms with E-state index in [1.807, 2.05) is 0 Å². The first-order chi connectivity index (χ1) is 12.1. The summed E-state index contributed by atoms with van der Waals surface area (Å²) in [6.07, 6.45) is -0.373. The van der Waals surface area contributed by atoms with Gasteiger partial charge in [0.2, 0.25) is 0 Å². The lowest BCUT2D eigenvalue weighted by Gasteiger charge is -2.26. The molecule has 0 unspecified atom stereocenters. The van der Waals surface area contributed by atoms with Crippen molar-refractivity contribution in [2.24, 2.45) is 5.92 Å². The molecule has 3 rings (SSSR count). The molecule has 132 valence electrons. The Morgan fingerprint density at radius 1 is 1.28 bits per heavy atom. The summed E-state index contributed by atoms with van der Waals surface area (Å²) in [5, 5.41) is 6.16. The summed E-state index contributed by atoms with van der Waals surface area (Å²) in [5.41, 5.74) is 1.07. The van der Waals surface area contributed by atoms with E-state index in [2.05, 4.69) is 10.6 Å². The molecule has 2 N–H and O–H groups in total. The van der Waals surface area contributed by atoms with E-state index >= 15 is 0 Å². The molecular weight excluding hydrogens is 346 g/mol. The van der Waals surface area contributed by atoms with Gasteiger partial charge in [-0.2, -0.15) is 0 Å². The first kappa shape index (κ1) is 17.8. The molecule has 0 aromatic heterocycles. The Kier molecular flexibility index (Phi) is 5.66. The molecule has 2 aromatic rings. The number of amides is 1. The molecule has 1 saturated heterocycles. The maximum Gasteiger partial charge on any atom is 0.254 e. The number of nitrogens with one attached hydrogen (secondary N) is 2. The molecule has 0 bridgehead atoms. The summed E-state index contributed by atoms with van der Waals surface area (Å²) in [6, 6.07) is 11.4. The fourth-order valence-electron chi connectivity index (χ4n) is 3.07. The van der Waals surface area contributed by atoms with Crippen molar-refractivity contribution in [1.82, 2.24) is 10.6 Å². The van der Waals surface area contributed by atoms with Gasteiger partial charge in [0.1, 0.15) is 12.0 Å². The number of hydrogen-bond donors (Lipinski definition) is 2. The van der Waals surface area contributed by atoms with Crippen molar-refractivity contribution in [2.75, 3.05) is 19.6 Å². The molecule has 3 nitrogen and oxygen atoms in total. The molecule has 25 heavy (non-hydrogen) atoms. The lowest BCUT2D eigenvalue weighted by Crippen LogP contribution is -2.43. The summed E-state index contributed by atoms with van der Waals surface area (Å²) < 4.78 is 28.2. The first-order valence-corrected chi connectivity index (χ1v) is 8.61. The molecular formula is C19H19ClF2N2O. The number of rotatable bonds is 4. The number of hydrogen-bond acceptors (Lipinski definition) is 2. The van der Waals surface area contributed by atoms with Gasteiger partial charge in [-0.05, 0) is 42.3 Å². The van der Waals surface area contributed by atoms with Crippen molar-refractivity contribution >= 4 is 17.5 Å². The Morgan fingerprint density at radius 3 is 2.84 bits per heavy atom. The zero-order valence-electron chi connectivity index (χ0n) is 13.6. The van der Waals surface area contributed by atoms with Crippen molar-refractivity contribution in [3.05, 3.63) is 58.9 Å². The van der Waals surface area contributed by atoms with Crippen molar-refractivity contribution in [3.8, 4) is 11.1 Å². The normalized spacial score (nSPS) is 20.3. The van der Waals surface area contributed by atoms with E-state index in [9.17, 15) is 13.6 Å². The van der Waals surface area contributed by atoms with Crippen LogP contribution >= 0.6 is 11.6 Å². The van der Waals surface area contributed by atoms with E-state index in [-0.39, 0.29) is 24.6 Å². The summed E-state index contributed by atoms with van der Waals surface area (Å²) in [4.78, 5) is 12.6. The van der Waals surface area contributed by atoms with Gasteiger partial charge < -0.3 is 10.6 Å². The lowest BCUT2D eigenvalue weighted by atomic mass is 9.95. The minimum atomic E-state index is -1.01. The molecule has 2 aromatic carbocycles. The van der Waals surface area contributed by atoms with Gasteiger partial charge in [-0.15, -0.1) is 0 Å². The molecule has 1 aliphatic rings. The summed E-state index contributed by atoms with van der Waals surface area (Å²) in [5.74, 6) is -1.41. The largest absolute Gasteiger partial charge is 0.352 e. The Bertz CT molecular complexity index is 769. The standard InChI is InChI=1S/C19H19ClF2N2O/c20-14-4-1-3-12(9-14)15-5-2-6-16(21)18(15)19(25)24-10-13-7-8-23-11-17(13)22/h1-6,9,13,17,23H,7-8,10-11H2,(H,24,25)/t13-,17-/m1/s1. The Balaban J connectivity index is 1.82. The van der Waals surface area contributed by atoms with E-state index < -0.39 is 17.9 Å². The summed E-state index contributed by atoms with van der Waals surface area (Å²) in [6.45, 7) is 1.19. The highest BCUT2D eigenvalue weighted by molar-refractivity contribution is 6.30. The highest BCUT2D eigenvalue weighted by Crippen LogP contribution is 2.28. The first-order valence-electron chi connectivity index (χ1n) is 8.23. The molecule has 0 spiro atoms. The molecule has 0 saturated carbocycles. The second-order valence-electron chi connectivity index (χ2n) is 6.15. The number of benzene rings is 2. The minimum absolute atomic E-state index is 0.0471. The average Bonchev–Trinajstić information content (AvgIpc) is 2.60. The highest BCUT2D eigenvalue weighted by Gasteiger charge is 2.26. The van der Waals surface area contributed by atoms with Gasteiger partial charge in [0.25, 0.3) is 5.91 Å². The third kappa shape index (κ3) is 4.17. The van der Waals surface area contributed by atoms with E-state index in [4.69, 9.17) is 11.6 Å². The zero-order chi connectivity index (χ0) is 17.8. The van der Waals surface area contributed by atoms with Crippen LogP contribution in [0.25, 0.3) is 11.1 Å². The molecule has 1 heterocycles. The SMILES string of the molecule is O=C(NC[C@H]1CCNC[C@H]1F)c1c(F)cccc1-c1cccc(Cl)c1. The zero-order valence-corrected chi connectivity index (χ0v) is 14.3. The van der Waals surface area contributed by atoms with E-state index in [1.54, 1.807) is 36.4 Å². The Morgan fingerprint density at radius 2 is 2.08 bits per heavy atom. The van der Waals surface area contributed by atoms with Crippen LogP contribution in [0.15, 0.2) is 42.5 Å². The van der Waals surface area contributed by atoms with Crippen LogP contribution in [-0.4, -0.2) is 31.7 Å². The van der Waals surface area contributed by atoms with Crippen LogP contribution in [-0.2, 0) is 0 Å². The van der Waals surface area contributed by atoms with Crippen LogP contribution in [0, 0.1) is 11.7 Å². The summed E-state index contributed by atoms with van der Waals surface area (Å²) in [7, 11) is 0. The second-order valence-corrected chi connectivity index (χ2v) is 6.59. The second kappa shape index (κ2) is 7.93. The van der Waals surface area contributed by atoms with Crippen LogP contribution in [0.3, 0.4) is 0 Å². The van der Waals surface area contributed by atoms with Gasteiger partial charge in [0.05, 0.1) is 5.56 Å².